The molecule has 0 aliphatic heterocycles. The Bertz CT molecular complexity index is 753. The molecule has 1 amide bonds. The van der Waals surface area contributed by atoms with Crippen molar-refractivity contribution in [3.8, 4) is 0 Å². The van der Waals surface area contributed by atoms with Gasteiger partial charge in [-0.05, 0) is 55.7 Å². The van der Waals surface area contributed by atoms with Crippen LogP contribution in [0.5, 0.6) is 0 Å². The first-order valence-corrected chi connectivity index (χ1v) is 7.53. The van der Waals surface area contributed by atoms with Gasteiger partial charge in [0.05, 0.1) is 5.69 Å². The lowest BCUT2D eigenvalue weighted by Crippen LogP contribution is -2.14. The Hall–Kier alpha value is -2.49. The van der Waals surface area contributed by atoms with Gasteiger partial charge in [0.15, 0.2) is 5.78 Å². The average molecular weight is 313 g/mol. The average Bonchev–Trinajstić information content (AvgIpc) is 2.51. The predicted octanol–water partition coefficient (Wildman–Crippen LogP) is 4.35. The molecule has 0 atom stereocenters. The number of anilines is 1. The summed E-state index contributed by atoms with van der Waals surface area (Å²) in [4.78, 5) is 24.0. The Labute approximate surface area is 135 Å². The van der Waals surface area contributed by atoms with Gasteiger partial charge in [-0.15, -0.1) is 0 Å². The van der Waals surface area contributed by atoms with Crippen molar-refractivity contribution in [3.63, 3.8) is 0 Å². The number of carbonyl (C=O) groups excluding carboxylic acids is 2. The van der Waals surface area contributed by atoms with Crippen molar-refractivity contribution >= 4 is 17.4 Å². The highest BCUT2D eigenvalue weighted by atomic mass is 19.1. The molecule has 0 aromatic heterocycles. The molecule has 2 aromatic rings. The fourth-order valence-corrected chi connectivity index (χ4v) is 2.23. The van der Waals surface area contributed by atoms with Crippen LogP contribution in [0.1, 0.15) is 39.9 Å². The standard InChI is InChI=1S/C19H20FNO2/c1-12-4-7-16(20)17(10-12)21-19(23)9-8-18(22)15-6-5-13(2)14(3)11-15/h4-7,10-11H,8-9H2,1-3H3,(H,21,23). The summed E-state index contributed by atoms with van der Waals surface area (Å²) in [7, 11) is 0. The van der Waals surface area contributed by atoms with Crippen LogP contribution in [0.3, 0.4) is 0 Å². The summed E-state index contributed by atoms with van der Waals surface area (Å²) in [5.41, 5.74) is 3.76. The lowest BCUT2D eigenvalue weighted by Gasteiger charge is -2.08. The minimum absolute atomic E-state index is 0.0269. The van der Waals surface area contributed by atoms with Crippen molar-refractivity contribution < 1.29 is 14.0 Å². The summed E-state index contributed by atoms with van der Waals surface area (Å²) in [5.74, 6) is -0.941. The Balaban J connectivity index is 1.94. The maximum absolute atomic E-state index is 13.6. The molecule has 0 bridgehead atoms. The quantitative estimate of drug-likeness (QED) is 0.834. The van der Waals surface area contributed by atoms with Crippen LogP contribution in [0, 0.1) is 26.6 Å². The van der Waals surface area contributed by atoms with Crippen LogP contribution in [0.2, 0.25) is 0 Å². The van der Waals surface area contributed by atoms with Crippen LogP contribution >= 0.6 is 0 Å². The van der Waals surface area contributed by atoms with E-state index >= 15 is 0 Å². The molecule has 0 saturated heterocycles. The lowest BCUT2D eigenvalue weighted by molar-refractivity contribution is -0.116. The van der Waals surface area contributed by atoms with E-state index in [-0.39, 0.29) is 30.2 Å². The van der Waals surface area contributed by atoms with Crippen molar-refractivity contribution in [2.45, 2.75) is 33.6 Å². The van der Waals surface area contributed by atoms with E-state index in [4.69, 9.17) is 0 Å². The summed E-state index contributed by atoms with van der Waals surface area (Å²) in [6.07, 6.45) is 0.126. The van der Waals surface area contributed by atoms with Crippen LogP contribution in [-0.2, 0) is 4.79 Å². The van der Waals surface area contributed by atoms with Crippen molar-refractivity contribution in [1.29, 1.82) is 0 Å². The van der Waals surface area contributed by atoms with Gasteiger partial charge in [0.2, 0.25) is 5.91 Å². The third-order valence-electron chi connectivity index (χ3n) is 3.80. The third kappa shape index (κ3) is 4.49. The van der Waals surface area contributed by atoms with Gasteiger partial charge in [-0.1, -0.05) is 18.2 Å². The highest BCUT2D eigenvalue weighted by Crippen LogP contribution is 2.17. The number of halogens is 1. The Kier molecular flexibility index (Phi) is 5.27. The number of hydrogen-bond acceptors (Lipinski definition) is 2. The monoisotopic (exact) mass is 313 g/mol. The second-order valence-corrected chi connectivity index (χ2v) is 5.75. The summed E-state index contributed by atoms with van der Waals surface area (Å²) >= 11 is 0. The number of aryl methyl sites for hydroxylation is 3. The van der Waals surface area contributed by atoms with E-state index in [2.05, 4.69) is 5.32 Å². The lowest BCUT2D eigenvalue weighted by atomic mass is 10.0. The molecule has 3 nitrogen and oxygen atoms in total. The second-order valence-electron chi connectivity index (χ2n) is 5.75. The number of nitrogens with one attached hydrogen (secondary N) is 1. The highest BCUT2D eigenvalue weighted by Gasteiger charge is 2.12. The number of benzene rings is 2. The van der Waals surface area contributed by atoms with E-state index in [0.29, 0.717) is 5.56 Å². The van der Waals surface area contributed by atoms with Gasteiger partial charge in [-0.25, -0.2) is 4.39 Å². The molecule has 2 aromatic carbocycles. The minimum atomic E-state index is -0.482. The topological polar surface area (TPSA) is 46.2 Å². The van der Waals surface area contributed by atoms with Crippen LogP contribution in [0.25, 0.3) is 0 Å². The molecule has 23 heavy (non-hydrogen) atoms. The first kappa shape index (κ1) is 16.9. The smallest absolute Gasteiger partial charge is 0.224 e. The first-order valence-electron chi connectivity index (χ1n) is 7.53. The van der Waals surface area contributed by atoms with E-state index in [1.807, 2.05) is 32.9 Å². The van der Waals surface area contributed by atoms with Crippen molar-refractivity contribution in [1.82, 2.24) is 0 Å². The third-order valence-corrected chi connectivity index (χ3v) is 3.80. The fourth-order valence-electron chi connectivity index (χ4n) is 2.23. The minimum Gasteiger partial charge on any atom is -0.324 e. The number of Topliss-reactive ketones (excluding diaryl/α,β-unsaturated/α-hetero) is 1. The zero-order valence-electron chi connectivity index (χ0n) is 13.6. The van der Waals surface area contributed by atoms with Crippen LogP contribution in [0.4, 0.5) is 10.1 Å². The molecule has 0 heterocycles. The van der Waals surface area contributed by atoms with E-state index in [1.54, 1.807) is 18.2 Å². The molecule has 4 heteroatoms. The molecule has 0 spiro atoms. The molecular weight excluding hydrogens is 293 g/mol. The van der Waals surface area contributed by atoms with Gasteiger partial charge >= 0.3 is 0 Å². The second kappa shape index (κ2) is 7.18. The van der Waals surface area contributed by atoms with Gasteiger partial charge in [-0.2, -0.15) is 0 Å². The SMILES string of the molecule is Cc1ccc(F)c(NC(=O)CCC(=O)c2ccc(C)c(C)c2)c1. The Morgan fingerprint density at radius 1 is 0.957 bits per heavy atom. The molecule has 0 fully saturated rings. The largest absolute Gasteiger partial charge is 0.324 e. The Morgan fingerprint density at radius 3 is 2.39 bits per heavy atom. The van der Waals surface area contributed by atoms with Crippen molar-refractivity contribution in [3.05, 3.63) is 64.5 Å². The molecule has 1 N–H and O–H groups in total. The molecule has 0 unspecified atom stereocenters. The van der Waals surface area contributed by atoms with Gasteiger partial charge in [0, 0.05) is 18.4 Å². The molecule has 0 aliphatic carbocycles. The molecule has 0 aliphatic rings. The number of hydrogen-bond donors (Lipinski definition) is 1. The zero-order valence-corrected chi connectivity index (χ0v) is 13.6. The van der Waals surface area contributed by atoms with Crippen molar-refractivity contribution in [2.75, 3.05) is 5.32 Å². The molecule has 120 valence electrons. The molecule has 0 radical (unpaired) electrons. The maximum Gasteiger partial charge on any atom is 0.224 e. The van der Waals surface area contributed by atoms with Gasteiger partial charge in [0.25, 0.3) is 0 Å². The van der Waals surface area contributed by atoms with Crippen LogP contribution in [-0.4, -0.2) is 11.7 Å². The van der Waals surface area contributed by atoms with Gasteiger partial charge in [-0.3, -0.25) is 9.59 Å². The maximum atomic E-state index is 13.6. The summed E-state index contributed by atoms with van der Waals surface area (Å²) < 4.78 is 13.6. The summed E-state index contributed by atoms with van der Waals surface area (Å²) in [5, 5.41) is 2.51. The van der Waals surface area contributed by atoms with E-state index in [1.165, 1.54) is 6.07 Å². The van der Waals surface area contributed by atoms with E-state index < -0.39 is 5.82 Å². The number of amides is 1. The molecular formula is C19H20FNO2. The zero-order chi connectivity index (χ0) is 17.0. The highest BCUT2D eigenvalue weighted by molar-refractivity contribution is 6.00. The Morgan fingerprint density at radius 2 is 1.70 bits per heavy atom. The van der Waals surface area contributed by atoms with Crippen molar-refractivity contribution in [2.24, 2.45) is 0 Å². The van der Waals surface area contributed by atoms with Crippen LogP contribution in [0.15, 0.2) is 36.4 Å². The van der Waals surface area contributed by atoms with E-state index in [0.717, 1.165) is 16.7 Å². The summed E-state index contributed by atoms with van der Waals surface area (Å²) in [6, 6.07) is 10.0. The van der Waals surface area contributed by atoms with E-state index in [9.17, 15) is 14.0 Å². The number of rotatable bonds is 5. The molecule has 0 saturated carbocycles. The number of carbonyl (C=O) groups is 2. The summed E-state index contributed by atoms with van der Waals surface area (Å²) in [6.45, 7) is 5.74. The first-order chi connectivity index (χ1) is 10.9. The molecule has 2 rings (SSSR count). The van der Waals surface area contributed by atoms with Gasteiger partial charge < -0.3 is 5.32 Å². The number of ketones is 1. The normalized spacial score (nSPS) is 10.4. The van der Waals surface area contributed by atoms with Gasteiger partial charge in [0.1, 0.15) is 5.82 Å². The van der Waals surface area contributed by atoms with Crippen LogP contribution < -0.4 is 5.32 Å². The predicted molar refractivity (Wildman–Crippen MR) is 89.2 cm³/mol. The fraction of sp³-hybridized carbons (Fsp3) is 0.263.